The van der Waals surface area contributed by atoms with Gasteiger partial charge in [-0.1, -0.05) is 11.6 Å². The number of pyridine rings is 1. The van der Waals surface area contributed by atoms with Crippen LogP contribution in [0.15, 0.2) is 42.6 Å². The van der Waals surface area contributed by atoms with Gasteiger partial charge in [-0.2, -0.15) is 0 Å². The number of amides is 1. The monoisotopic (exact) mass is 357 g/mol. The van der Waals surface area contributed by atoms with Gasteiger partial charge in [-0.15, -0.1) is 10.2 Å². The predicted molar refractivity (Wildman–Crippen MR) is 95.0 cm³/mol. The van der Waals surface area contributed by atoms with Crippen LogP contribution in [0.1, 0.15) is 30.6 Å². The summed E-state index contributed by atoms with van der Waals surface area (Å²) in [7, 11) is 0. The first kappa shape index (κ1) is 18.2. The summed E-state index contributed by atoms with van der Waals surface area (Å²) in [6.45, 7) is 5.68. The topological polar surface area (TPSA) is 91.2 Å². The Hall–Kier alpha value is -2.58. The lowest BCUT2D eigenvalue weighted by atomic mass is 10.1. The molecule has 2 atom stereocenters. The molecule has 0 spiro atoms. The Balaban J connectivity index is 1.61. The van der Waals surface area contributed by atoms with Gasteiger partial charge in [0.25, 0.3) is 5.91 Å². The highest BCUT2D eigenvalue weighted by Crippen LogP contribution is 2.13. The quantitative estimate of drug-likeness (QED) is 0.789. The lowest BCUT2D eigenvalue weighted by Gasteiger charge is -2.31. The first-order valence-corrected chi connectivity index (χ1v) is 8.58. The Labute approximate surface area is 152 Å². The van der Waals surface area contributed by atoms with Gasteiger partial charge < -0.3 is 14.8 Å². The summed E-state index contributed by atoms with van der Waals surface area (Å²) in [6, 6.07) is 3.29. The van der Waals surface area contributed by atoms with E-state index in [0.717, 1.165) is 6.42 Å². The minimum Gasteiger partial charge on any atom is -0.379 e. The van der Waals surface area contributed by atoms with Gasteiger partial charge in [-0.25, -0.2) is 4.98 Å². The molecule has 1 saturated heterocycles. The zero-order chi connectivity index (χ0) is 18.4. The number of aromatic nitrogens is 4. The number of nitrogens with one attached hydrogen (secondary N) is 1. The molecule has 0 radical (unpaired) electrons. The van der Waals surface area contributed by atoms with E-state index < -0.39 is 0 Å². The van der Waals surface area contributed by atoms with E-state index in [4.69, 9.17) is 9.47 Å². The number of allylic oxidation sites excluding steroid dienone is 1. The number of hydrogen-bond donors (Lipinski definition) is 1. The molecule has 3 rings (SSSR count). The van der Waals surface area contributed by atoms with Gasteiger partial charge in [0.15, 0.2) is 0 Å². The van der Waals surface area contributed by atoms with Gasteiger partial charge in [-0.3, -0.25) is 9.36 Å². The maximum absolute atomic E-state index is 12.5. The van der Waals surface area contributed by atoms with Crippen LogP contribution in [0.2, 0.25) is 0 Å². The minimum absolute atomic E-state index is 0.0624. The zero-order valence-electron chi connectivity index (χ0n) is 15.0. The third-order valence-corrected chi connectivity index (χ3v) is 4.10. The first-order valence-electron chi connectivity index (χ1n) is 8.58. The maximum Gasteiger partial charge on any atom is 0.253 e. The number of nitrogens with zero attached hydrogens (tertiary/aromatic N) is 4. The van der Waals surface area contributed by atoms with E-state index in [1.54, 1.807) is 29.4 Å². The molecule has 2 aromatic rings. The second kappa shape index (κ2) is 8.68. The molecule has 8 heteroatoms. The van der Waals surface area contributed by atoms with Gasteiger partial charge in [0.05, 0.1) is 30.9 Å². The Bertz CT molecular complexity index is 739. The Kier molecular flexibility index (Phi) is 6.08. The molecule has 0 unspecified atom stereocenters. The Morgan fingerprint density at radius 1 is 1.38 bits per heavy atom. The predicted octanol–water partition coefficient (Wildman–Crippen LogP) is 1.53. The van der Waals surface area contributed by atoms with E-state index in [1.807, 2.05) is 19.9 Å². The molecule has 1 N–H and O–H groups in total. The number of ether oxygens (including phenoxy) is 2. The van der Waals surface area contributed by atoms with Crippen molar-refractivity contribution in [1.29, 1.82) is 0 Å². The number of hydrogen-bond acceptors (Lipinski definition) is 6. The fourth-order valence-corrected chi connectivity index (χ4v) is 2.63. The summed E-state index contributed by atoms with van der Waals surface area (Å²) in [6.07, 6.45) is 7.36. The highest BCUT2D eigenvalue weighted by Gasteiger charge is 2.28. The molecule has 8 nitrogen and oxygen atoms in total. The molecule has 1 aliphatic heterocycles. The molecule has 0 aromatic carbocycles. The van der Waals surface area contributed by atoms with E-state index in [9.17, 15) is 4.79 Å². The van der Waals surface area contributed by atoms with Crippen LogP contribution in [0.3, 0.4) is 0 Å². The molecule has 3 heterocycles. The fraction of sp³-hybridized carbons (Fsp3) is 0.444. The molecule has 1 amide bonds. The Morgan fingerprint density at radius 3 is 2.88 bits per heavy atom. The molecule has 1 fully saturated rings. The molecule has 0 bridgehead atoms. The van der Waals surface area contributed by atoms with Gasteiger partial charge in [0, 0.05) is 12.8 Å². The van der Waals surface area contributed by atoms with Crippen LogP contribution in [-0.2, 0) is 9.47 Å². The lowest BCUT2D eigenvalue weighted by Crippen LogP contribution is -2.50. The van der Waals surface area contributed by atoms with Crippen LogP contribution in [0, 0.1) is 0 Å². The highest BCUT2D eigenvalue weighted by atomic mass is 16.5. The van der Waals surface area contributed by atoms with Crippen molar-refractivity contribution in [3.8, 4) is 5.82 Å². The van der Waals surface area contributed by atoms with Gasteiger partial charge in [-0.05, 0) is 32.4 Å². The third kappa shape index (κ3) is 4.74. The van der Waals surface area contributed by atoms with Crippen LogP contribution >= 0.6 is 0 Å². The Morgan fingerprint density at radius 2 is 2.19 bits per heavy atom. The van der Waals surface area contributed by atoms with E-state index in [2.05, 4.69) is 20.5 Å². The summed E-state index contributed by atoms with van der Waals surface area (Å²) < 4.78 is 13.1. The molecule has 0 aliphatic carbocycles. The van der Waals surface area contributed by atoms with Crippen molar-refractivity contribution in [3.05, 3.63) is 48.2 Å². The lowest BCUT2D eigenvalue weighted by molar-refractivity contribution is -0.0457. The van der Waals surface area contributed by atoms with Crippen molar-refractivity contribution < 1.29 is 14.3 Å². The summed E-state index contributed by atoms with van der Waals surface area (Å²) in [5.74, 6) is 0.453. The van der Waals surface area contributed by atoms with Crippen molar-refractivity contribution in [2.45, 2.75) is 32.4 Å². The summed E-state index contributed by atoms with van der Waals surface area (Å²) in [5.41, 5.74) is 1.69. The number of carbonyl (C=O) groups is 1. The highest BCUT2D eigenvalue weighted by molar-refractivity contribution is 5.94. The van der Waals surface area contributed by atoms with E-state index >= 15 is 0 Å². The van der Waals surface area contributed by atoms with Crippen LogP contribution < -0.4 is 5.32 Å². The van der Waals surface area contributed by atoms with Crippen LogP contribution in [0.4, 0.5) is 0 Å². The molecule has 2 aromatic heterocycles. The second-order valence-corrected chi connectivity index (χ2v) is 6.37. The summed E-state index contributed by atoms with van der Waals surface area (Å²) in [4.78, 5) is 16.8. The smallest absolute Gasteiger partial charge is 0.253 e. The largest absolute Gasteiger partial charge is 0.379 e. The molecule has 0 saturated carbocycles. The van der Waals surface area contributed by atoms with Crippen molar-refractivity contribution in [2.24, 2.45) is 0 Å². The average molecular weight is 357 g/mol. The van der Waals surface area contributed by atoms with Crippen molar-refractivity contribution in [2.75, 3.05) is 19.8 Å². The van der Waals surface area contributed by atoms with Crippen molar-refractivity contribution in [3.63, 3.8) is 0 Å². The van der Waals surface area contributed by atoms with Crippen molar-refractivity contribution in [1.82, 2.24) is 25.1 Å². The van der Waals surface area contributed by atoms with Gasteiger partial charge in [0.1, 0.15) is 18.5 Å². The van der Waals surface area contributed by atoms with E-state index in [0.29, 0.717) is 31.2 Å². The maximum atomic E-state index is 12.5. The van der Waals surface area contributed by atoms with Crippen molar-refractivity contribution >= 4 is 5.91 Å². The normalized spacial score (nSPS) is 19.8. The molecular weight excluding hydrogens is 334 g/mol. The standard InChI is InChI=1S/C18H23N5O3/c1-13(2)5-8-26-16-6-7-25-10-15(16)22-18(24)14-3-4-17(19-9-14)23-11-20-21-12-23/h3-5,9,11-12,15-16H,6-8,10H2,1-2H3,(H,22,24)/t15-,16+/m0/s1. The van der Waals surface area contributed by atoms with E-state index in [-0.39, 0.29) is 18.1 Å². The molecular formula is C18H23N5O3. The van der Waals surface area contributed by atoms with Crippen LogP contribution in [-0.4, -0.2) is 57.6 Å². The molecule has 138 valence electrons. The summed E-state index contributed by atoms with van der Waals surface area (Å²) in [5, 5.41) is 10.5. The molecule has 26 heavy (non-hydrogen) atoms. The first-order chi connectivity index (χ1) is 12.6. The van der Waals surface area contributed by atoms with Crippen LogP contribution in [0.5, 0.6) is 0 Å². The second-order valence-electron chi connectivity index (χ2n) is 6.37. The van der Waals surface area contributed by atoms with Gasteiger partial charge in [0.2, 0.25) is 0 Å². The number of carbonyl (C=O) groups excluding carboxylic acids is 1. The third-order valence-electron chi connectivity index (χ3n) is 4.10. The van der Waals surface area contributed by atoms with Crippen LogP contribution in [0.25, 0.3) is 5.82 Å². The minimum atomic E-state index is -0.195. The van der Waals surface area contributed by atoms with Gasteiger partial charge >= 0.3 is 0 Å². The molecule has 1 aliphatic rings. The zero-order valence-corrected chi connectivity index (χ0v) is 15.0. The average Bonchev–Trinajstić information content (AvgIpc) is 3.18. The fourth-order valence-electron chi connectivity index (χ4n) is 2.63. The van der Waals surface area contributed by atoms with E-state index in [1.165, 1.54) is 11.8 Å². The number of rotatable bonds is 6. The SMILES string of the molecule is CC(C)=CCO[C@@H]1CCOC[C@@H]1NC(=O)c1ccc(-n2cnnc2)nc1. The summed E-state index contributed by atoms with van der Waals surface area (Å²) >= 11 is 0.